The smallest absolute Gasteiger partial charge is 0.245 e. The number of aromatic nitrogens is 2. The Morgan fingerprint density at radius 3 is 2.88 bits per heavy atom. The topological polar surface area (TPSA) is 61.0 Å². The molecule has 0 fully saturated rings. The van der Waals surface area contributed by atoms with Crippen molar-refractivity contribution in [2.45, 2.75) is 6.92 Å². The van der Waals surface area contributed by atoms with E-state index in [9.17, 15) is 4.39 Å². The fraction of sp³-hybridized carbons (Fsp3) is 0.0909. The number of halogens is 1. The second-order valence-electron chi connectivity index (χ2n) is 3.30. The van der Waals surface area contributed by atoms with Crippen molar-refractivity contribution in [3.05, 3.63) is 42.1 Å². The molecule has 1 aromatic heterocycles. The maximum Gasteiger partial charge on any atom is 0.245 e. The third-order valence-corrected chi connectivity index (χ3v) is 2.06. The zero-order chi connectivity index (χ0) is 11.5. The monoisotopic (exact) mass is 219 g/mol. The van der Waals surface area contributed by atoms with Crippen molar-refractivity contribution in [3.63, 3.8) is 0 Å². The van der Waals surface area contributed by atoms with E-state index in [0.717, 1.165) is 0 Å². The van der Waals surface area contributed by atoms with Gasteiger partial charge < -0.3 is 10.5 Å². The molecule has 1 heterocycles. The SMILES string of the molecule is Cc1ccc(Oc2ncncc2N)cc1F. The molecule has 0 bridgehead atoms. The van der Waals surface area contributed by atoms with E-state index >= 15 is 0 Å². The van der Waals surface area contributed by atoms with Gasteiger partial charge in [0.05, 0.1) is 6.20 Å². The minimum absolute atomic E-state index is 0.221. The molecule has 2 N–H and O–H groups in total. The Morgan fingerprint density at radius 2 is 2.19 bits per heavy atom. The molecule has 0 spiro atoms. The molecule has 0 amide bonds. The fourth-order valence-electron chi connectivity index (χ4n) is 1.16. The van der Waals surface area contributed by atoms with Gasteiger partial charge in [-0.25, -0.2) is 9.37 Å². The van der Waals surface area contributed by atoms with E-state index in [1.165, 1.54) is 18.6 Å². The summed E-state index contributed by atoms with van der Waals surface area (Å²) < 4.78 is 18.6. The molecule has 2 rings (SSSR count). The molecule has 82 valence electrons. The van der Waals surface area contributed by atoms with Gasteiger partial charge in [0, 0.05) is 6.07 Å². The number of aryl methyl sites for hydroxylation is 1. The molecule has 0 saturated carbocycles. The minimum atomic E-state index is -0.329. The van der Waals surface area contributed by atoms with E-state index in [2.05, 4.69) is 9.97 Å². The van der Waals surface area contributed by atoms with Gasteiger partial charge in [-0.1, -0.05) is 6.07 Å². The summed E-state index contributed by atoms with van der Waals surface area (Å²) in [5, 5.41) is 0. The van der Waals surface area contributed by atoms with Crippen molar-refractivity contribution < 1.29 is 9.13 Å². The van der Waals surface area contributed by atoms with Crippen LogP contribution >= 0.6 is 0 Å². The summed E-state index contributed by atoms with van der Waals surface area (Å²) in [5.74, 6) is 0.247. The Kier molecular flexibility index (Phi) is 2.68. The van der Waals surface area contributed by atoms with Crippen molar-refractivity contribution in [2.24, 2.45) is 0 Å². The zero-order valence-corrected chi connectivity index (χ0v) is 8.64. The van der Waals surface area contributed by atoms with Gasteiger partial charge in [-0.15, -0.1) is 0 Å². The van der Waals surface area contributed by atoms with Crippen molar-refractivity contribution >= 4 is 5.69 Å². The van der Waals surface area contributed by atoms with Crippen molar-refractivity contribution in [1.29, 1.82) is 0 Å². The average Bonchev–Trinajstić information content (AvgIpc) is 2.27. The Balaban J connectivity index is 2.28. The highest BCUT2D eigenvalue weighted by Gasteiger charge is 2.05. The van der Waals surface area contributed by atoms with Crippen LogP contribution in [0.4, 0.5) is 10.1 Å². The number of hydrogen-bond acceptors (Lipinski definition) is 4. The van der Waals surface area contributed by atoms with Crippen molar-refractivity contribution in [2.75, 3.05) is 5.73 Å². The van der Waals surface area contributed by atoms with Crippen LogP contribution in [0.5, 0.6) is 11.6 Å². The van der Waals surface area contributed by atoms with Crippen LogP contribution in [0.2, 0.25) is 0 Å². The highest BCUT2D eigenvalue weighted by Crippen LogP contribution is 2.24. The molecular weight excluding hydrogens is 209 g/mol. The number of nitrogens with zero attached hydrogens (tertiary/aromatic N) is 2. The lowest BCUT2D eigenvalue weighted by Crippen LogP contribution is -1.96. The normalized spacial score (nSPS) is 10.1. The lowest BCUT2D eigenvalue weighted by molar-refractivity contribution is 0.459. The Morgan fingerprint density at radius 1 is 1.38 bits per heavy atom. The van der Waals surface area contributed by atoms with Crippen LogP contribution < -0.4 is 10.5 Å². The van der Waals surface area contributed by atoms with Gasteiger partial charge in [0.1, 0.15) is 23.6 Å². The summed E-state index contributed by atoms with van der Waals surface area (Å²) in [6, 6.07) is 4.57. The summed E-state index contributed by atoms with van der Waals surface area (Å²) in [4.78, 5) is 7.57. The predicted molar refractivity (Wildman–Crippen MR) is 57.7 cm³/mol. The van der Waals surface area contributed by atoms with Gasteiger partial charge in [0.25, 0.3) is 0 Å². The number of nitrogen functional groups attached to an aromatic ring is 1. The molecule has 4 nitrogen and oxygen atoms in total. The standard InChI is InChI=1S/C11H10FN3O/c1-7-2-3-8(4-9(7)12)16-11-10(13)5-14-6-15-11/h2-6H,13H2,1H3. The van der Waals surface area contributed by atoms with Gasteiger partial charge >= 0.3 is 0 Å². The maximum absolute atomic E-state index is 13.2. The number of anilines is 1. The molecule has 1 aromatic carbocycles. The summed E-state index contributed by atoms with van der Waals surface area (Å²) in [6.45, 7) is 1.68. The van der Waals surface area contributed by atoms with E-state index in [1.807, 2.05) is 0 Å². The van der Waals surface area contributed by atoms with Gasteiger partial charge in [-0.2, -0.15) is 4.98 Å². The Bertz CT molecular complexity index is 516. The number of nitrogens with two attached hydrogens (primary N) is 1. The van der Waals surface area contributed by atoms with E-state index in [4.69, 9.17) is 10.5 Å². The highest BCUT2D eigenvalue weighted by molar-refractivity contribution is 5.47. The molecule has 0 aliphatic heterocycles. The first-order valence-electron chi connectivity index (χ1n) is 4.66. The number of hydrogen-bond donors (Lipinski definition) is 1. The largest absolute Gasteiger partial charge is 0.437 e. The van der Waals surface area contributed by atoms with Crippen LogP contribution in [-0.2, 0) is 0 Å². The zero-order valence-electron chi connectivity index (χ0n) is 8.64. The van der Waals surface area contributed by atoms with Crippen LogP contribution in [0.1, 0.15) is 5.56 Å². The molecule has 0 radical (unpaired) electrons. The maximum atomic E-state index is 13.2. The van der Waals surface area contributed by atoms with Gasteiger partial charge in [-0.05, 0) is 18.6 Å². The summed E-state index contributed by atoms with van der Waals surface area (Å²) in [6.07, 6.45) is 2.74. The second-order valence-corrected chi connectivity index (χ2v) is 3.30. The molecule has 2 aromatic rings. The van der Waals surface area contributed by atoms with E-state index in [-0.39, 0.29) is 11.7 Å². The van der Waals surface area contributed by atoms with Crippen LogP contribution in [0.3, 0.4) is 0 Å². The van der Waals surface area contributed by atoms with Crippen LogP contribution in [0.25, 0.3) is 0 Å². The lowest BCUT2D eigenvalue weighted by Gasteiger charge is -2.06. The molecule has 5 heteroatoms. The fourth-order valence-corrected chi connectivity index (χ4v) is 1.16. The van der Waals surface area contributed by atoms with E-state index in [0.29, 0.717) is 17.0 Å². The first-order valence-corrected chi connectivity index (χ1v) is 4.66. The third kappa shape index (κ3) is 2.08. The third-order valence-electron chi connectivity index (χ3n) is 2.06. The predicted octanol–water partition coefficient (Wildman–Crippen LogP) is 2.30. The van der Waals surface area contributed by atoms with E-state index < -0.39 is 0 Å². The average molecular weight is 219 g/mol. The Labute approximate surface area is 91.9 Å². The van der Waals surface area contributed by atoms with Crippen LogP contribution in [0.15, 0.2) is 30.7 Å². The summed E-state index contributed by atoms with van der Waals surface area (Å²) in [5.41, 5.74) is 6.46. The van der Waals surface area contributed by atoms with E-state index in [1.54, 1.807) is 19.1 Å². The molecule has 0 aliphatic carbocycles. The Hall–Kier alpha value is -2.17. The molecule has 0 unspecified atom stereocenters. The number of benzene rings is 1. The molecule has 16 heavy (non-hydrogen) atoms. The minimum Gasteiger partial charge on any atom is -0.437 e. The van der Waals surface area contributed by atoms with Crippen molar-refractivity contribution in [1.82, 2.24) is 9.97 Å². The van der Waals surface area contributed by atoms with Gasteiger partial charge in [-0.3, -0.25) is 0 Å². The van der Waals surface area contributed by atoms with Crippen LogP contribution in [0, 0.1) is 12.7 Å². The molecular formula is C11H10FN3O. The molecule has 0 aliphatic rings. The first-order chi connectivity index (χ1) is 7.66. The quantitative estimate of drug-likeness (QED) is 0.841. The highest BCUT2D eigenvalue weighted by atomic mass is 19.1. The van der Waals surface area contributed by atoms with Crippen LogP contribution in [-0.4, -0.2) is 9.97 Å². The van der Waals surface area contributed by atoms with Crippen molar-refractivity contribution in [3.8, 4) is 11.6 Å². The lowest BCUT2D eigenvalue weighted by atomic mass is 10.2. The second kappa shape index (κ2) is 4.14. The molecule has 0 atom stereocenters. The summed E-state index contributed by atoms with van der Waals surface area (Å²) in [7, 11) is 0. The summed E-state index contributed by atoms with van der Waals surface area (Å²) >= 11 is 0. The number of ether oxygens (including phenoxy) is 1. The first kappa shape index (κ1) is 10.4. The number of rotatable bonds is 2. The molecule has 0 saturated heterocycles. The van der Waals surface area contributed by atoms with Gasteiger partial charge in [0.2, 0.25) is 5.88 Å². The van der Waals surface area contributed by atoms with Gasteiger partial charge in [0.15, 0.2) is 0 Å².